The first-order chi connectivity index (χ1) is 7.36. The summed E-state index contributed by atoms with van der Waals surface area (Å²) in [4.78, 5) is 15.8. The molecule has 0 saturated carbocycles. The molecule has 0 aromatic carbocycles. The molecule has 15 heavy (non-hydrogen) atoms. The van der Waals surface area contributed by atoms with Gasteiger partial charge in [-0.2, -0.15) is 11.8 Å². The normalized spacial score (nSPS) is 28.9. The first kappa shape index (κ1) is 9.21. The molecule has 3 nitrogen and oxygen atoms in total. The van der Waals surface area contributed by atoms with Crippen LogP contribution in [0.3, 0.4) is 0 Å². The van der Waals surface area contributed by atoms with Gasteiger partial charge >= 0.3 is 5.97 Å². The number of hydrogen-bond acceptors (Lipinski definition) is 4. The maximum absolute atomic E-state index is 11.7. The number of rotatable bonds is 0. The SMILES string of the molecule is O=C1O[C@H]2CSCC[C@@H]2c2cnccc21. The van der Waals surface area contributed by atoms with E-state index in [0.717, 1.165) is 23.5 Å². The minimum absolute atomic E-state index is 0.0629. The Morgan fingerprint density at radius 2 is 2.47 bits per heavy atom. The number of aromatic nitrogens is 1. The molecule has 3 rings (SSSR count). The fourth-order valence-corrected chi connectivity index (χ4v) is 3.39. The Hall–Kier alpha value is -1.03. The third-order valence-electron chi connectivity index (χ3n) is 3.03. The molecule has 1 aromatic rings. The Bertz CT molecular complexity index is 407. The fourth-order valence-electron chi connectivity index (χ4n) is 2.27. The van der Waals surface area contributed by atoms with E-state index in [1.54, 1.807) is 12.3 Å². The molecule has 0 amide bonds. The average molecular weight is 221 g/mol. The average Bonchev–Trinajstić information content (AvgIpc) is 2.30. The van der Waals surface area contributed by atoms with Gasteiger partial charge in [-0.15, -0.1) is 0 Å². The summed E-state index contributed by atoms with van der Waals surface area (Å²) in [6.45, 7) is 0. The number of thioether (sulfide) groups is 1. The molecule has 0 radical (unpaired) electrons. The second-order valence-electron chi connectivity index (χ2n) is 3.88. The molecule has 2 aliphatic heterocycles. The van der Waals surface area contributed by atoms with Crippen LogP contribution < -0.4 is 0 Å². The van der Waals surface area contributed by atoms with Crippen molar-refractivity contribution < 1.29 is 9.53 Å². The van der Waals surface area contributed by atoms with Crippen LogP contribution in [0.2, 0.25) is 0 Å². The van der Waals surface area contributed by atoms with Gasteiger partial charge in [0.1, 0.15) is 6.10 Å². The lowest BCUT2D eigenvalue weighted by molar-refractivity contribution is 0.0225. The van der Waals surface area contributed by atoms with Crippen LogP contribution in [0.15, 0.2) is 18.5 Å². The van der Waals surface area contributed by atoms with Crippen LogP contribution in [0, 0.1) is 0 Å². The Labute approximate surface area is 92.2 Å². The molecule has 4 heteroatoms. The van der Waals surface area contributed by atoms with Gasteiger partial charge in [0.2, 0.25) is 0 Å². The quantitative estimate of drug-likeness (QED) is 0.627. The molecule has 0 unspecified atom stereocenters. The van der Waals surface area contributed by atoms with Crippen molar-refractivity contribution in [2.45, 2.75) is 18.4 Å². The fraction of sp³-hybridized carbons (Fsp3) is 0.455. The molecule has 2 atom stereocenters. The summed E-state index contributed by atoms with van der Waals surface area (Å²) in [5.74, 6) is 2.25. The lowest BCUT2D eigenvalue weighted by Crippen LogP contribution is -2.36. The van der Waals surface area contributed by atoms with Gasteiger partial charge in [-0.1, -0.05) is 0 Å². The molecule has 1 aromatic heterocycles. The van der Waals surface area contributed by atoms with Crippen LogP contribution in [-0.4, -0.2) is 28.6 Å². The second-order valence-corrected chi connectivity index (χ2v) is 5.03. The Balaban J connectivity index is 2.07. The molecule has 0 spiro atoms. The summed E-state index contributed by atoms with van der Waals surface area (Å²) in [6.07, 6.45) is 4.62. The molecular formula is C11H11NO2S. The van der Waals surface area contributed by atoms with Gasteiger partial charge in [-0.05, 0) is 23.8 Å². The number of carbonyl (C=O) groups is 1. The van der Waals surface area contributed by atoms with E-state index >= 15 is 0 Å². The van der Waals surface area contributed by atoms with E-state index in [0.29, 0.717) is 11.5 Å². The highest BCUT2D eigenvalue weighted by Gasteiger charge is 2.37. The largest absolute Gasteiger partial charge is 0.457 e. The Morgan fingerprint density at radius 1 is 1.53 bits per heavy atom. The van der Waals surface area contributed by atoms with Crippen LogP contribution in [0.4, 0.5) is 0 Å². The van der Waals surface area contributed by atoms with Crippen molar-refractivity contribution in [1.82, 2.24) is 4.98 Å². The zero-order valence-corrected chi connectivity index (χ0v) is 9.00. The van der Waals surface area contributed by atoms with Crippen molar-refractivity contribution in [3.63, 3.8) is 0 Å². The molecule has 0 aliphatic carbocycles. The van der Waals surface area contributed by atoms with E-state index in [9.17, 15) is 4.79 Å². The molecule has 78 valence electrons. The van der Waals surface area contributed by atoms with Crippen molar-refractivity contribution >= 4 is 17.7 Å². The monoisotopic (exact) mass is 221 g/mol. The minimum Gasteiger partial charge on any atom is -0.457 e. The Kier molecular flexibility index (Phi) is 2.16. The first-order valence-electron chi connectivity index (χ1n) is 5.09. The lowest BCUT2D eigenvalue weighted by Gasteiger charge is -2.35. The molecular weight excluding hydrogens is 210 g/mol. The zero-order valence-electron chi connectivity index (χ0n) is 8.18. The number of esters is 1. The summed E-state index contributed by atoms with van der Waals surface area (Å²) in [5.41, 5.74) is 1.79. The molecule has 1 saturated heterocycles. The summed E-state index contributed by atoms with van der Waals surface area (Å²) < 4.78 is 5.43. The number of pyridine rings is 1. The van der Waals surface area contributed by atoms with Crippen molar-refractivity contribution in [1.29, 1.82) is 0 Å². The standard InChI is InChI=1S/C11H11NO2S/c13-11-8-1-3-12-5-9(8)7-2-4-15-6-10(7)14-11/h1,3,5,7,10H,2,4,6H2/t7-,10+/m1/s1. The summed E-state index contributed by atoms with van der Waals surface area (Å²) in [6, 6.07) is 1.76. The van der Waals surface area contributed by atoms with E-state index < -0.39 is 0 Å². The number of carbonyl (C=O) groups excluding carboxylic acids is 1. The van der Waals surface area contributed by atoms with Crippen LogP contribution in [0.25, 0.3) is 0 Å². The molecule has 0 bridgehead atoms. The maximum Gasteiger partial charge on any atom is 0.338 e. The highest BCUT2D eigenvalue weighted by Crippen LogP contribution is 2.38. The molecule has 1 fully saturated rings. The van der Waals surface area contributed by atoms with Gasteiger partial charge in [0.05, 0.1) is 5.56 Å². The third-order valence-corrected chi connectivity index (χ3v) is 4.12. The number of ether oxygens (including phenoxy) is 1. The zero-order chi connectivity index (χ0) is 10.3. The predicted molar refractivity (Wildman–Crippen MR) is 58.1 cm³/mol. The first-order valence-corrected chi connectivity index (χ1v) is 6.24. The van der Waals surface area contributed by atoms with Crippen molar-refractivity contribution in [3.8, 4) is 0 Å². The second kappa shape index (κ2) is 3.52. The molecule has 3 heterocycles. The van der Waals surface area contributed by atoms with Crippen LogP contribution in [0.5, 0.6) is 0 Å². The summed E-state index contributed by atoms with van der Waals surface area (Å²) >= 11 is 1.86. The predicted octanol–water partition coefficient (Wildman–Crippen LogP) is 1.84. The van der Waals surface area contributed by atoms with Crippen molar-refractivity contribution in [2.24, 2.45) is 0 Å². The third kappa shape index (κ3) is 1.44. The van der Waals surface area contributed by atoms with Gasteiger partial charge in [-0.25, -0.2) is 4.79 Å². The number of hydrogen-bond donors (Lipinski definition) is 0. The Morgan fingerprint density at radius 3 is 3.40 bits per heavy atom. The highest BCUT2D eigenvalue weighted by atomic mass is 32.2. The van der Waals surface area contributed by atoms with E-state index in [2.05, 4.69) is 4.98 Å². The van der Waals surface area contributed by atoms with E-state index in [1.807, 2.05) is 18.0 Å². The van der Waals surface area contributed by atoms with Gasteiger partial charge in [0, 0.05) is 24.1 Å². The van der Waals surface area contributed by atoms with Gasteiger partial charge < -0.3 is 4.74 Å². The van der Waals surface area contributed by atoms with Crippen molar-refractivity contribution in [3.05, 3.63) is 29.6 Å². The maximum atomic E-state index is 11.7. The number of nitrogens with zero attached hydrogens (tertiary/aromatic N) is 1. The molecule has 2 aliphatic rings. The van der Waals surface area contributed by atoms with E-state index in [-0.39, 0.29) is 12.1 Å². The van der Waals surface area contributed by atoms with Crippen LogP contribution >= 0.6 is 11.8 Å². The molecule has 0 N–H and O–H groups in total. The van der Waals surface area contributed by atoms with Gasteiger partial charge in [0.25, 0.3) is 0 Å². The van der Waals surface area contributed by atoms with Gasteiger partial charge in [0.15, 0.2) is 0 Å². The van der Waals surface area contributed by atoms with Gasteiger partial charge in [-0.3, -0.25) is 4.98 Å². The van der Waals surface area contributed by atoms with E-state index in [1.165, 1.54) is 0 Å². The summed E-state index contributed by atoms with van der Waals surface area (Å²) in [5, 5.41) is 0. The minimum atomic E-state index is -0.184. The smallest absolute Gasteiger partial charge is 0.338 e. The summed E-state index contributed by atoms with van der Waals surface area (Å²) in [7, 11) is 0. The van der Waals surface area contributed by atoms with E-state index in [4.69, 9.17) is 4.74 Å². The van der Waals surface area contributed by atoms with Crippen LogP contribution in [-0.2, 0) is 4.74 Å². The highest BCUT2D eigenvalue weighted by molar-refractivity contribution is 7.99. The van der Waals surface area contributed by atoms with Crippen LogP contribution in [0.1, 0.15) is 28.3 Å². The topological polar surface area (TPSA) is 39.2 Å². The van der Waals surface area contributed by atoms with Crippen molar-refractivity contribution in [2.75, 3.05) is 11.5 Å². The number of fused-ring (bicyclic) bond motifs is 3. The lowest BCUT2D eigenvalue weighted by atomic mass is 9.87.